The second-order valence-electron chi connectivity index (χ2n) is 3.32. The van der Waals surface area contributed by atoms with Crippen LogP contribution < -0.4 is 5.32 Å². The first-order chi connectivity index (χ1) is 5.12. The lowest BCUT2D eigenvalue weighted by atomic mass is 10.1. The Labute approximate surface area is 68.8 Å². The Morgan fingerprint density at radius 3 is 2.55 bits per heavy atom. The van der Waals surface area contributed by atoms with Gasteiger partial charge in [0.15, 0.2) is 0 Å². The maximum Gasteiger partial charge on any atom is 0.0639 e. The van der Waals surface area contributed by atoms with Gasteiger partial charge in [0.05, 0.1) is 6.61 Å². The van der Waals surface area contributed by atoms with E-state index in [4.69, 9.17) is 9.84 Å². The minimum atomic E-state index is 0.0178. The Kier molecular flexibility index (Phi) is 5.46. The van der Waals surface area contributed by atoms with E-state index in [1.54, 1.807) is 7.11 Å². The van der Waals surface area contributed by atoms with E-state index in [0.717, 1.165) is 13.0 Å². The Morgan fingerprint density at radius 2 is 2.09 bits per heavy atom. The fourth-order valence-corrected chi connectivity index (χ4v) is 0.918. The molecule has 0 fully saturated rings. The van der Waals surface area contributed by atoms with Crippen LogP contribution in [0.4, 0.5) is 0 Å². The quantitative estimate of drug-likeness (QED) is 0.553. The van der Waals surface area contributed by atoms with Crippen molar-refractivity contribution in [1.82, 2.24) is 5.32 Å². The van der Waals surface area contributed by atoms with E-state index in [0.29, 0.717) is 6.61 Å². The number of hydrogen-bond acceptors (Lipinski definition) is 3. The fraction of sp³-hybridized carbons (Fsp3) is 1.00. The predicted octanol–water partition coefficient (Wildman–Crippen LogP) is 0.383. The van der Waals surface area contributed by atoms with Crippen LogP contribution in [0.1, 0.15) is 20.3 Å². The first-order valence-corrected chi connectivity index (χ1v) is 3.97. The molecule has 0 aromatic rings. The van der Waals surface area contributed by atoms with Crippen LogP contribution in [0.25, 0.3) is 0 Å². The first kappa shape index (κ1) is 10.9. The Bertz CT molecular complexity index is 94.1. The van der Waals surface area contributed by atoms with E-state index >= 15 is 0 Å². The van der Waals surface area contributed by atoms with E-state index in [9.17, 15) is 0 Å². The van der Waals surface area contributed by atoms with Crippen LogP contribution in [-0.4, -0.2) is 37.5 Å². The largest absolute Gasteiger partial charge is 0.396 e. The van der Waals surface area contributed by atoms with E-state index in [1.165, 1.54) is 0 Å². The molecule has 0 atom stereocenters. The molecular weight excluding hydrogens is 142 g/mol. The highest BCUT2D eigenvalue weighted by molar-refractivity contribution is 4.76. The maximum absolute atomic E-state index is 8.52. The third kappa shape index (κ3) is 6.28. The molecule has 0 amide bonds. The van der Waals surface area contributed by atoms with Crippen molar-refractivity contribution in [3.8, 4) is 0 Å². The van der Waals surface area contributed by atoms with Crippen molar-refractivity contribution in [1.29, 1.82) is 0 Å². The lowest BCUT2D eigenvalue weighted by Crippen LogP contribution is -2.43. The van der Waals surface area contributed by atoms with Crippen molar-refractivity contribution in [2.75, 3.05) is 26.9 Å². The molecule has 0 heterocycles. The molecule has 0 spiro atoms. The second-order valence-corrected chi connectivity index (χ2v) is 3.32. The van der Waals surface area contributed by atoms with E-state index < -0.39 is 0 Å². The zero-order valence-corrected chi connectivity index (χ0v) is 7.68. The van der Waals surface area contributed by atoms with Crippen LogP contribution in [0.15, 0.2) is 0 Å². The van der Waals surface area contributed by atoms with Gasteiger partial charge in [-0.25, -0.2) is 0 Å². The summed E-state index contributed by atoms with van der Waals surface area (Å²) < 4.78 is 5.01. The molecule has 0 bridgehead atoms. The maximum atomic E-state index is 8.52. The summed E-state index contributed by atoms with van der Waals surface area (Å²) in [6.45, 7) is 5.93. The molecule has 0 saturated carbocycles. The number of rotatable bonds is 6. The third-order valence-corrected chi connectivity index (χ3v) is 1.44. The summed E-state index contributed by atoms with van der Waals surface area (Å²) in [7, 11) is 1.69. The Morgan fingerprint density at radius 1 is 1.45 bits per heavy atom. The summed E-state index contributed by atoms with van der Waals surface area (Å²) in [5.74, 6) is 0. The van der Waals surface area contributed by atoms with Crippen LogP contribution in [0, 0.1) is 0 Å². The summed E-state index contributed by atoms with van der Waals surface area (Å²) >= 11 is 0. The van der Waals surface area contributed by atoms with E-state index in [2.05, 4.69) is 19.2 Å². The molecule has 0 rings (SSSR count). The summed E-state index contributed by atoms with van der Waals surface area (Å²) in [6, 6.07) is 0. The molecule has 2 N–H and O–H groups in total. The number of aliphatic hydroxyl groups is 1. The van der Waals surface area contributed by atoms with Gasteiger partial charge in [0.1, 0.15) is 0 Å². The van der Waals surface area contributed by atoms with Crippen LogP contribution in [0.3, 0.4) is 0 Å². The molecule has 11 heavy (non-hydrogen) atoms. The molecule has 0 aromatic carbocycles. The number of hydrogen-bond donors (Lipinski definition) is 2. The van der Waals surface area contributed by atoms with Crippen LogP contribution in [0.2, 0.25) is 0 Å². The van der Waals surface area contributed by atoms with Crippen molar-refractivity contribution >= 4 is 0 Å². The molecule has 0 aliphatic rings. The van der Waals surface area contributed by atoms with Crippen molar-refractivity contribution in [3.63, 3.8) is 0 Å². The Hall–Kier alpha value is -0.120. The molecule has 0 radical (unpaired) electrons. The molecule has 3 heteroatoms. The first-order valence-electron chi connectivity index (χ1n) is 3.97. The van der Waals surface area contributed by atoms with Gasteiger partial charge < -0.3 is 15.2 Å². The zero-order chi connectivity index (χ0) is 8.74. The average Bonchev–Trinajstić information content (AvgIpc) is 1.87. The minimum absolute atomic E-state index is 0.0178. The molecule has 0 unspecified atom stereocenters. The summed E-state index contributed by atoms with van der Waals surface area (Å²) in [6.07, 6.45) is 0.799. The van der Waals surface area contributed by atoms with Gasteiger partial charge in [-0.2, -0.15) is 0 Å². The van der Waals surface area contributed by atoms with Gasteiger partial charge in [-0.1, -0.05) is 0 Å². The second kappa shape index (κ2) is 5.52. The topological polar surface area (TPSA) is 41.5 Å². The van der Waals surface area contributed by atoms with Crippen molar-refractivity contribution in [2.24, 2.45) is 0 Å². The van der Waals surface area contributed by atoms with Gasteiger partial charge in [-0.15, -0.1) is 0 Å². The highest BCUT2D eigenvalue weighted by Crippen LogP contribution is 2.01. The van der Waals surface area contributed by atoms with Crippen molar-refractivity contribution in [2.45, 2.75) is 25.8 Å². The number of ether oxygens (including phenoxy) is 1. The van der Waals surface area contributed by atoms with Gasteiger partial charge in [0.2, 0.25) is 0 Å². The van der Waals surface area contributed by atoms with Crippen LogP contribution >= 0.6 is 0 Å². The molecule has 68 valence electrons. The molecule has 0 saturated heterocycles. The van der Waals surface area contributed by atoms with Gasteiger partial charge in [-0.05, 0) is 26.8 Å². The molecule has 3 nitrogen and oxygen atoms in total. The summed E-state index contributed by atoms with van der Waals surface area (Å²) in [5, 5.41) is 11.8. The zero-order valence-electron chi connectivity index (χ0n) is 7.68. The van der Waals surface area contributed by atoms with Crippen molar-refractivity contribution < 1.29 is 9.84 Å². The number of methoxy groups -OCH3 is 1. The van der Waals surface area contributed by atoms with Crippen LogP contribution in [0.5, 0.6) is 0 Å². The minimum Gasteiger partial charge on any atom is -0.396 e. The van der Waals surface area contributed by atoms with E-state index in [-0.39, 0.29) is 12.1 Å². The molecule has 0 aromatic heterocycles. The monoisotopic (exact) mass is 161 g/mol. The van der Waals surface area contributed by atoms with Crippen molar-refractivity contribution in [3.05, 3.63) is 0 Å². The lowest BCUT2D eigenvalue weighted by Gasteiger charge is -2.25. The highest BCUT2D eigenvalue weighted by atomic mass is 16.5. The van der Waals surface area contributed by atoms with E-state index in [1.807, 2.05) is 0 Å². The SMILES string of the molecule is COCC(C)(C)NCCCO. The predicted molar refractivity (Wildman–Crippen MR) is 45.7 cm³/mol. The van der Waals surface area contributed by atoms with Gasteiger partial charge in [-0.3, -0.25) is 0 Å². The summed E-state index contributed by atoms with van der Waals surface area (Å²) in [4.78, 5) is 0. The third-order valence-electron chi connectivity index (χ3n) is 1.44. The molecule has 0 aliphatic carbocycles. The summed E-state index contributed by atoms with van der Waals surface area (Å²) in [5.41, 5.74) is 0.0178. The van der Waals surface area contributed by atoms with Gasteiger partial charge in [0, 0.05) is 19.3 Å². The smallest absolute Gasteiger partial charge is 0.0639 e. The normalized spacial score (nSPS) is 12.0. The molecule has 0 aliphatic heterocycles. The highest BCUT2D eigenvalue weighted by Gasteiger charge is 2.15. The average molecular weight is 161 g/mol. The standard InChI is InChI=1S/C8H19NO2/c1-8(2,7-11-3)9-5-4-6-10/h9-10H,4-7H2,1-3H3. The fourth-order valence-electron chi connectivity index (χ4n) is 0.918. The number of aliphatic hydroxyl groups excluding tert-OH is 1. The molecular formula is C8H19NO2. The Balaban J connectivity index is 3.38. The number of nitrogens with one attached hydrogen (secondary N) is 1. The lowest BCUT2D eigenvalue weighted by molar-refractivity contribution is 0.127. The van der Waals surface area contributed by atoms with Gasteiger partial charge >= 0.3 is 0 Å². The van der Waals surface area contributed by atoms with Crippen LogP contribution in [-0.2, 0) is 4.74 Å². The van der Waals surface area contributed by atoms with Gasteiger partial charge in [0.25, 0.3) is 0 Å².